The van der Waals surface area contributed by atoms with E-state index < -0.39 is 17.6 Å². The lowest BCUT2D eigenvalue weighted by molar-refractivity contribution is -0.175. The summed E-state index contributed by atoms with van der Waals surface area (Å²) in [5.74, 6) is -1.07. The zero-order chi connectivity index (χ0) is 13.3. The molecule has 0 aromatic rings. The molecule has 0 radical (unpaired) electrons. The van der Waals surface area contributed by atoms with Crippen LogP contribution in [0.5, 0.6) is 0 Å². The van der Waals surface area contributed by atoms with Gasteiger partial charge in [-0.1, -0.05) is 12.8 Å². The van der Waals surface area contributed by atoms with Gasteiger partial charge in [-0.25, -0.2) is 4.79 Å². The van der Waals surface area contributed by atoms with Crippen LogP contribution in [-0.4, -0.2) is 46.7 Å². The molecule has 2 aliphatic carbocycles. The molecule has 0 spiro atoms. The van der Waals surface area contributed by atoms with Crippen LogP contribution in [0, 0.1) is 0 Å². The summed E-state index contributed by atoms with van der Waals surface area (Å²) >= 11 is 0. The second kappa shape index (κ2) is 4.88. The fourth-order valence-corrected chi connectivity index (χ4v) is 3.26. The van der Waals surface area contributed by atoms with Crippen molar-refractivity contribution in [3.63, 3.8) is 0 Å². The lowest BCUT2D eigenvalue weighted by atomic mass is 9.77. The van der Waals surface area contributed by atoms with E-state index in [0.29, 0.717) is 12.8 Å². The van der Waals surface area contributed by atoms with Crippen LogP contribution in [0.3, 0.4) is 0 Å². The molecule has 18 heavy (non-hydrogen) atoms. The summed E-state index contributed by atoms with van der Waals surface area (Å²) in [6.45, 7) is 1.46. The average molecular weight is 255 g/mol. The van der Waals surface area contributed by atoms with E-state index in [1.54, 1.807) is 12.0 Å². The molecule has 0 heterocycles. The molecule has 2 saturated carbocycles. The maximum Gasteiger partial charge on any atom is 0.332 e. The molecular weight excluding hydrogens is 234 g/mol. The highest BCUT2D eigenvalue weighted by atomic mass is 16.5. The Bertz CT molecular complexity index is 353. The Morgan fingerprint density at radius 3 is 2.39 bits per heavy atom. The fourth-order valence-electron chi connectivity index (χ4n) is 3.26. The lowest BCUT2D eigenvalue weighted by Crippen LogP contribution is -2.65. The van der Waals surface area contributed by atoms with Crippen LogP contribution in [0.15, 0.2) is 0 Å². The average Bonchev–Trinajstić information content (AvgIpc) is 3.13. The van der Waals surface area contributed by atoms with Gasteiger partial charge >= 0.3 is 5.97 Å². The molecule has 2 unspecified atom stereocenters. The molecule has 2 rings (SSSR count). The molecule has 0 bridgehead atoms. The minimum absolute atomic E-state index is 0.0920. The van der Waals surface area contributed by atoms with Crippen LogP contribution in [0.2, 0.25) is 0 Å². The third kappa shape index (κ3) is 2.00. The van der Waals surface area contributed by atoms with Gasteiger partial charge < -0.3 is 14.7 Å². The van der Waals surface area contributed by atoms with Crippen LogP contribution in [0.25, 0.3) is 0 Å². The summed E-state index contributed by atoms with van der Waals surface area (Å²) in [6.07, 6.45) is 4.42. The molecule has 2 aliphatic rings. The lowest BCUT2D eigenvalue weighted by Gasteiger charge is -2.47. The highest BCUT2D eigenvalue weighted by molar-refractivity contribution is 5.87. The third-order valence-corrected chi connectivity index (χ3v) is 4.14. The van der Waals surface area contributed by atoms with E-state index in [1.165, 1.54) is 6.92 Å². The first-order valence-electron chi connectivity index (χ1n) is 6.60. The highest BCUT2D eigenvalue weighted by Crippen LogP contribution is 2.42. The minimum Gasteiger partial charge on any atom is -0.479 e. The molecule has 102 valence electrons. The van der Waals surface area contributed by atoms with Crippen molar-refractivity contribution in [2.45, 2.75) is 63.1 Å². The third-order valence-electron chi connectivity index (χ3n) is 4.14. The van der Waals surface area contributed by atoms with Crippen molar-refractivity contribution in [1.29, 1.82) is 0 Å². The maximum absolute atomic E-state index is 11.9. The first-order chi connectivity index (χ1) is 8.54. The first-order valence-corrected chi connectivity index (χ1v) is 6.60. The number of amides is 1. The monoisotopic (exact) mass is 255 g/mol. The molecule has 5 heteroatoms. The van der Waals surface area contributed by atoms with Gasteiger partial charge in [0, 0.05) is 20.1 Å². The minimum atomic E-state index is -1.15. The number of carbonyl (C=O) groups is 2. The van der Waals surface area contributed by atoms with Gasteiger partial charge in [0.25, 0.3) is 0 Å². The summed E-state index contributed by atoms with van der Waals surface area (Å²) in [6, 6.07) is 0.0920. The number of ether oxygens (including phenoxy) is 1. The second-order valence-corrected chi connectivity index (χ2v) is 5.32. The van der Waals surface area contributed by atoms with Gasteiger partial charge in [0.15, 0.2) is 5.54 Å². The van der Waals surface area contributed by atoms with Gasteiger partial charge in [0.1, 0.15) is 0 Å². The van der Waals surface area contributed by atoms with E-state index in [2.05, 4.69) is 0 Å². The normalized spacial score (nSPS) is 32.0. The van der Waals surface area contributed by atoms with Gasteiger partial charge in [0.05, 0.1) is 6.10 Å². The molecule has 1 N–H and O–H groups in total. The van der Waals surface area contributed by atoms with Gasteiger partial charge in [-0.3, -0.25) is 4.79 Å². The van der Waals surface area contributed by atoms with Crippen molar-refractivity contribution >= 4 is 11.9 Å². The van der Waals surface area contributed by atoms with Gasteiger partial charge in [0.2, 0.25) is 5.91 Å². The Morgan fingerprint density at radius 1 is 1.28 bits per heavy atom. The number of nitrogens with zero attached hydrogens (tertiary/aromatic N) is 1. The van der Waals surface area contributed by atoms with Crippen molar-refractivity contribution < 1.29 is 19.4 Å². The Balaban J connectivity index is 2.39. The van der Waals surface area contributed by atoms with Crippen molar-refractivity contribution in [3.05, 3.63) is 0 Å². The Hall–Kier alpha value is -1.10. The summed E-state index contributed by atoms with van der Waals surface area (Å²) in [7, 11) is 1.54. The van der Waals surface area contributed by atoms with E-state index in [-0.39, 0.29) is 11.9 Å². The van der Waals surface area contributed by atoms with Gasteiger partial charge in [-0.2, -0.15) is 0 Å². The smallest absolute Gasteiger partial charge is 0.332 e. The highest BCUT2D eigenvalue weighted by Gasteiger charge is 2.57. The van der Waals surface area contributed by atoms with Gasteiger partial charge in [-0.05, 0) is 25.7 Å². The molecule has 0 aromatic carbocycles. The van der Waals surface area contributed by atoms with E-state index >= 15 is 0 Å². The predicted molar refractivity (Wildman–Crippen MR) is 65.2 cm³/mol. The molecule has 2 atom stereocenters. The molecule has 5 nitrogen and oxygen atoms in total. The van der Waals surface area contributed by atoms with Crippen LogP contribution in [-0.2, 0) is 14.3 Å². The van der Waals surface area contributed by atoms with E-state index in [4.69, 9.17) is 4.74 Å². The molecule has 0 aromatic heterocycles. The number of carboxylic acids is 1. The molecule has 2 fully saturated rings. The summed E-state index contributed by atoms with van der Waals surface area (Å²) < 4.78 is 5.40. The number of methoxy groups -OCH3 is 1. The maximum atomic E-state index is 11.9. The molecule has 0 aliphatic heterocycles. The quantitative estimate of drug-likeness (QED) is 0.824. The standard InChI is InChI=1S/C13H21NO4/c1-9(15)14(10-6-7-10)13(12(16)17)8-4-3-5-11(13)18-2/h10-11H,3-8H2,1-2H3,(H,16,17). The van der Waals surface area contributed by atoms with Crippen molar-refractivity contribution in [3.8, 4) is 0 Å². The summed E-state index contributed by atoms with van der Waals surface area (Å²) in [5.41, 5.74) is -1.15. The number of rotatable bonds is 4. The van der Waals surface area contributed by atoms with E-state index in [1.807, 2.05) is 0 Å². The van der Waals surface area contributed by atoms with Crippen LogP contribution in [0.1, 0.15) is 45.4 Å². The number of aliphatic carboxylic acids is 1. The summed E-state index contributed by atoms with van der Waals surface area (Å²) in [5, 5.41) is 9.71. The second-order valence-electron chi connectivity index (χ2n) is 5.32. The largest absolute Gasteiger partial charge is 0.479 e. The van der Waals surface area contributed by atoms with Crippen LogP contribution < -0.4 is 0 Å². The SMILES string of the molecule is COC1CCCCC1(C(=O)O)N(C(C)=O)C1CC1. The predicted octanol–water partition coefficient (Wildman–Crippen LogP) is 1.41. The van der Waals surface area contributed by atoms with Crippen LogP contribution in [0.4, 0.5) is 0 Å². The first kappa shape index (κ1) is 13.3. The van der Waals surface area contributed by atoms with Crippen molar-refractivity contribution in [1.82, 2.24) is 4.90 Å². The zero-order valence-electron chi connectivity index (χ0n) is 11.0. The Labute approximate surface area is 107 Å². The van der Waals surface area contributed by atoms with Crippen LogP contribution >= 0.6 is 0 Å². The number of carboxylic acid groups (broad SMARTS) is 1. The summed E-state index contributed by atoms with van der Waals surface area (Å²) in [4.78, 5) is 25.3. The molecule has 1 amide bonds. The van der Waals surface area contributed by atoms with Crippen molar-refractivity contribution in [2.24, 2.45) is 0 Å². The molecular formula is C13H21NO4. The number of hydrogen-bond donors (Lipinski definition) is 1. The fraction of sp³-hybridized carbons (Fsp3) is 0.846. The van der Waals surface area contributed by atoms with Crippen molar-refractivity contribution in [2.75, 3.05) is 7.11 Å². The topological polar surface area (TPSA) is 66.8 Å². The van der Waals surface area contributed by atoms with E-state index in [0.717, 1.165) is 25.7 Å². The number of carbonyl (C=O) groups excluding carboxylic acids is 1. The molecule has 0 saturated heterocycles. The Morgan fingerprint density at radius 2 is 1.94 bits per heavy atom. The number of hydrogen-bond acceptors (Lipinski definition) is 3. The Kier molecular flexibility index (Phi) is 3.61. The zero-order valence-corrected chi connectivity index (χ0v) is 11.0. The van der Waals surface area contributed by atoms with Gasteiger partial charge in [-0.15, -0.1) is 0 Å². The van der Waals surface area contributed by atoms with E-state index in [9.17, 15) is 14.7 Å².